The number of hydrogen-bond acceptors (Lipinski definition) is 5. The number of carbonyl (C=O) groups excluding carboxylic acids is 1. The molecular weight excluding hydrogens is 280 g/mol. The van der Waals surface area contributed by atoms with E-state index in [1.54, 1.807) is 38.7 Å². The lowest BCUT2D eigenvalue weighted by Crippen LogP contribution is -2.34. The van der Waals surface area contributed by atoms with Gasteiger partial charge < -0.3 is 10.1 Å². The number of amides is 1. The quantitative estimate of drug-likeness (QED) is 0.632. The second kappa shape index (κ2) is 7.78. The number of anilines is 1. The summed E-state index contributed by atoms with van der Waals surface area (Å²) in [6, 6.07) is 10.6. The minimum Gasteiger partial charge on any atom is -0.497 e. The molecule has 0 unspecified atom stereocenters. The molecule has 2 aromatic rings. The van der Waals surface area contributed by atoms with Crippen LogP contribution >= 0.6 is 0 Å². The van der Waals surface area contributed by atoms with Crippen LogP contribution in [-0.2, 0) is 4.79 Å². The fraction of sp³-hybridized carbons (Fsp3) is 0.188. The van der Waals surface area contributed by atoms with Crippen LogP contribution < -0.4 is 15.5 Å². The Hall–Kier alpha value is -2.89. The molecule has 1 heterocycles. The standard InChI is InChI=1S/C16H18N4O2/c1-12(19-14-5-7-15(22-2)8-6-14)16(21)20-18-11-13-4-3-9-17-10-13/h3-12,19H,1-2H3,(H,20,21)/b18-11-/t12-/m1/s1. The molecule has 1 aromatic heterocycles. The van der Waals surface area contributed by atoms with E-state index in [0.717, 1.165) is 17.0 Å². The molecule has 0 saturated carbocycles. The third-order valence-electron chi connectivity index (χ3n) is 2.94. The molecule has 6 nitrogen and oxygen atoms in total. The number of pyridine rings is 1. The van der Waals surface area contributed by atoms with Gasteiger partial charge in [-0.3, -0.25) is 9.78 Å². The average molecular weight is 298 g/mol. The van der Waals surface area contributed by atoms with Crippen LogP contribution in [0.2, 0.25) is 0 Å². The van der Waals surface area contributed by atoms with Gasteiger partial charge in [0.1, 0.15) is 11.8 Å². The summed E-state index contributed by atoms with van der Waals surface area (Å²) >= 11 is 0. The van der Waals surface area contributed by atoms with Gasteiger partial charge in [-0.25, -0.2) is 5.43 Å². The zero-order valence-corrected chi connectivity index (χ0v) is 12.5. The number of aromatic nitrogens is 1. The molecule has 0 bridgehead atoms. The average Bonchev–Trinajstić information content (AvgIpc) is 2.56. The Morgan fingerprint density at radius 3 is 2.73 bits per heavy atom. The summed E-state index contributed by atoms with van der Waals surface area (Å²) in [5, 5.41) is 6.99. The highest BCUT2D eigenvalue weighted by Crippen LogP contribution is 2.15. The Morgan fingerprint density at radius 2 is 2.09 bits per heavy atom. The van der Waals surface area contributed by atoms with E-state index in [1.807, 2.05) is 30.3 Å². The maximum atomic E-state index is 11.9. The molecule has 0 radical (unpaired) electrons. The fourth-order valence-corrected chi connectivity index (χ4v) is 1.72. The van der Waals surface area contributed by atoms with Crippen LogP contribution in [0.4, 0.5) is 5.69 Å². The van der Waals surface area contributed by atoms with Gasteiger partial charge in [0.25, 0.3) is 5.91 Å². The van der Waals surface area contributed by atoms with Crippen LogP contribution in [0, 0.1) is 0 Å². The Bertz CT molecular complexity index is 626. The predicted molar refractivity (Wildman–Crippen MR) is 86.1 cm³/mol. The van der Waals surface area contributed by atoms with Gasteiger partial charge in [-0.2, -0.15) is 5.10 Å². The van der Waals surface area contributed by atoms with E-state index < -0.39 is 6.04 Å². The SMILES string of the molecule is COc1ccc(N[C@H](C)C(=O)N/N=C\c2cccnc2)cc1. The van der Waals surface area contributed by atoms with Crippen LogP contribution in [0.15, 0.2) is 53.9 Å². The number of methoxy groups -OCH3 is 1. The molecule has 2 rings (SSSR count). The van der Waals surface area contributed by atoms with E-state index in [4.69, 9.17) is 4.74 Å². The van der Waals surface area contributed by atoms with Crippen LogP contribution in [0.5, 0.6) is 5.75 Å². The lowest BCUT2D eigenvalue weighted by molar-refractivity contribution is -0.121. The molecular formula is C16H18N4O2. The summed E-state index contributed by atoms with van der Waals surface area (Å²) in [7, 11) is 1.61. The number of nitrogens with zero attached hydrogens (tertiary/aromatic N) is 2. The van der Waals surface area contributed by atoms with Crippen molar-refractivity contribution in [1.29, 1.82) is 0 Å². The molecule has 0 aliphatic heterocycles. The third-order valence-corrected chi connectivity index (χ3v) is 2.94. The second-order valence-corrected chi connectivity index (χ2v) is 4.62. The van der Waals surface area contributed by atoms with Gasteiger partial charge in [-0.15, -0.1) is 0 Å². The van der Waals surface area contributed by atoms with Crippen molar-refractivity contribution < 1.29 is 9.53 Å². The number of hydrogen-bond donors (Lipinski definition) is 2. The Balaban J connectivity index is 1.85. The number of nitrogens with one attached hydrogen (secondary N) is 2. The largest absolute Gasteiger partial charge is 0.497 e. The first-order chi connectivity index (χ1) is 10.7. The van der Waals surface area contributed by atoms with E-state index in [-0.39, 0.29) is 5.91 Å². The molecule has 0 saturated heterocycles. The van der Waals surface area contributed by atoms with E-state index in [9.17, 15) is 4.79 Å². The monoisotopic (exact) mass is 298 g/mol. The molecule has 1 amide bonds. The van der Waals surface area contributed by atoms with Gasteiger partial charge in [0, 0.05) is 23.6 Å². The number of rotatable bonds is 6. The van der Waals surface area contributed by atoms with Crippen molar-refractivity contribution in [2.45, 2.75) is 13.0 Å². The van der Waals surface area contributed by atoms with E-state index in [0.29, 0.717) is 0 Å². The molecule has 114 valence electrons. The summed E-state index contributed by atoms with van der Waals surface area (Å²) in [5.41, 5.74) is 4.14. The molecule has 1 aromatic carbocycles. The minimum atomic E-state index is -0.417. The summed E-state index contributed by atoms with van der Waals surface area (Å²) < 4.78 is 5.09. The zero-order chi connectivity index (χ0) is 15.8. The molecule has 22 heavy (non-hydrogen) atoms. The van der Waals surface area contributed by atoms with Crippen LogP contribution in [-0.4, -0.2) is 30.3 Å². The fourth-order valence-electron chi connectivity index (χ4n) is 1.72. The van der Waals surface area contributed by atoms with Crippen molar-refractivity contribution in [1.82, 2.24) is 10.4 Å². The number of hydrazone groups is 1. The van der Waals surface area contributed by atoms with E-state index in [2.05, 4.69) is 20.8 Å². The summed E-state index contributed by atoms with van der Waals surface area (Å²) in [5.74, 6) is 0.541. The highest BCUT2D eigenvalue weighted by molar-refractivity contribution is 5.86. The number of carbonyl (C=O) groups is 1. The van der Waals surface area contributed by atoms with Gasteiger partial charge in [0.2, 0.25) is 0 Å². The second-order valence-electron chi connectivity index (χ2n) is 4.62. The predicted octanol–water partition coefficient (Wildman–Crippen LogP) is 2.04. The normalized spacial score (nSPS) is 11.9. The molecule has 1 atom stereocenters. The molecule has 0 aliphatic rings. The smallest absolute Gasteiger partial charge is 0.262 e. The third kappa shape index (κ3) is 4.59. The Morgan fingerprint density at radius 1 is 1.32 bits per heavy atom. The molecule has 0 spiro atoms. The van der Waals surface area contributed by atoms with E-state index in [1.165, 1.54) is 0 Å². The first kappa shape index (κ1) is 15.5. The lowest BCUT2D eigenvalue weighted by Gasteiger charge is -2.13. The highest BCUT2D eigenvalue weighted by atomic mass is 16.5. The first-order valence-electron chi connectivity index (χ1n) is 6.82. The first-order valence-corrected chi connectivity index (χ1v) is 6.82. The highest BCUT2D eigenvalue weighted by Gasteiger charge is 2.11. The van der Waals surface area contributed by atoms with Gasteiger partial charge >= 0.3 is 0 Å². The van der Waals surface area contributed by atoms with Crippen molar-refractivity contribution in [3.63, 3.8) is 0 Å². The minimum absolute atomic E-state index is 0.226. The summed E-state index contributed by atoms with van der Waals surface area (Å²) in [6.07, 6.45) is 4.89. The van der Waals surface area contributed by atoms with Crippen molar-refractivity contribution in [2.24, 2.45) is 5.10 Å². The summed E-state index contributed by atoms with van der Waals surface area (Å²) in [4.78, 5) is 15.9. The molecule has 0 fully saturated rings. The van der Waals surface area contributed by atoms with Gasteiger partial charge in [0.05, 0.1) is 13.3 Å². The van der Waals surface area contributed by atoms with Crippen LogP contribution in [0.25, 0.3) is 0 Å². The van der Waals surface area contributed by atoms with Crippen molar-refractivity contribution in [2.75, 3.05) is 12.4 Å². The maximum absolute atomic E-state index is 11.9. The lowest BCUT2D eigenvalue weighted by atomic mass is 10.2. The maximum Gasteiger partial charge on any atom is 0.262 e. The van der Waals surface area contributed by atoms with Gasteiger partial charge in [0.15, 0.2) is 0 Å². The Labute approximate surface area is 129 Å². The van der Waals surface area contributed by atoms with Crippen LogP contribution in [0.3, 0.4) is 0 Å². The zero-order valence-electron chi connectivity index (χ0n) is 12.5. The van der Waals surface area contributed by atoms with Gasteiger partial charge in [-0.05, 0) is 37.3 Å². The Kier molecular flexibility index (Phi) is 5.48. The van der Waals surface area contributed by atoms with Crippen molar-refractivity contribution >= 4 is 17.8 Å². The van der Waals surface area contributed by atoms with Crippen molar-refractivity contribution in [3.8, 4) is 5.75 Å². The van der Waals surface area contributed by atoms with E-state index >= 15 is 0 Å². The van der Waals surface area contributed by atoms with Gasteiger partial charge in [-0.1, -0.05) is 6.07 Å². The molecule has 6 heteroatoms. The summed E-state index contributed by atoms with van der Waals surface area (Å²) in [6.45, 7) is 1.76. The topological polar surface area (TPSA) is 75.6 Å². The number of ether oxygens (including phenoxy) is 1. The number of benzene rings is 1. The molecule has 2 N–H and O–H groups in total. The van der Waals surface area contributed by atoms with Crippen molar-refractivity contribution in [3.05, 3.63) is 54.4 Å². The van der Waals surface area contributed by atoms with Crippen LogP contribution in [0.1, 0.15) is 12.5 Å². The molecule has 0 aliphatic carbocycles.